The van der Waals surface area contributed by atoms with Gasteiger partial charge in [0.25, 0.3) is 0 Å². The molecular weight excluding hydrogens is 168 g/mol. The summed E-state index contributed by atoms with van der Waals surface area (Å²) in [6, 6.07) is 0. The summed E-state index contributed by atoms with van der Waals surface area (Å²) in [5.41, 5.74) is 0. The molecule has 0 fully saturated rings. The highest BCUT2D eigenvalue weighted by molar-refractivity contribution is 4.74. The minimum atomic E-state index is 0.901. The van der Waals surface area contributed by atoms with Crippen LogP contribution >= 0.6 is 0 Å². The molecule has 0 aromatic carbocycles. The third-order valence-electron chi connectivity index (χ3n) is 3.01. The Kier molecular flexibility index (Phi) is 11.1. The fraction of sp³-hybridized carbons (Fsp3) is 0.929. The van der Waals surface area contributed by atoms with E-state index in [2.05, 4.69) is 27.2 Å². The van der Waals surface area contributed by atoms with E-state index < -0.39 is 0 Å². The lowest BCUT2D eigenvalue weighted by Crippen LogP contribution is -1.99. The van der Waals surface area contributed by atoms with Crippen LogP contribution in [0.2, 0.25) is 0 Å². The molecule has 0 heterocycles. The van der Waals surface area contributed by atoms with Crippen LogP contribution in [-0.4, -0.2) is 0 Å². The van der Waals surface area contributed by atoms with Gasteiger partial charge in [-0.3, -0.25) is 0 Å². The van der Waals surface area contributed by atoms with Gasteiger partial charge in [-0.05, 0) is 18.8 Å². The lowest BCUT2D eigenvalue weighted by Gasteiger charge is -2.13. The fourth-order valence-electron chi connectivity index (χ4n) is 1.88. The van der Waals surface area contributed by atoms with Gasteiger partial charge in [0.05, 0.1) is 0 Å². The summed E-state index contributed by atoms with van der Waals surface area (Å²) in [5, 5.41) is 0. The fourth-order valence-corrected chi connectivity index (χ4v) is 1.88. The largest absolute Gasteiger partial charge is 0.0654 e. The summed E-state index contributed by atoms with van der Waals surface area (Å²) in [6.45, 7) is 6.88. The van der Waals surface area contributed by atoms with Crippen LogP contribution < -0.4 is 0 Å². The van der Waals surface area contributed by atoms with Gasteiger partial charge >= 0.3 is 0 Å². The molecule has 0 aliphatic carbocycles. The third kappa shape index (κ3) is 8.59. The zero-order valence-electron chi connectivity index (χ0n) is 10.5. The maximum atomic E-state index is 2.56. The lowest BCUT2D eigenvalue weighted by atomic mass is 9.93. The molecule has 0 nitrogen and oxygen atoms in total. The van der Waals surface area contributed by atoms with Gasteiger partial charge in [-0.15, -0.1) is 0 Å². The molecule has 0 aromatic rings. The Bertz CT molecular complexity index is 96.2. The van der Waals surface area contributed by atoms with Crippen molar-refractivity contribution in [3.05, 3.63) is 6.42 Å². The molecule has 0 aliphatic rings. The molecule has 0 amide bonds. The maximum Gasteiger partial charge on any atom is -0.0355 e. The second-order valence-electron chi connectivity index (χ2n) is 4.40. The summed E-state index contributed by atoms with van der Waals surface area (Å²) < 4.78 is 0. The highest BCUT2D eigenvalue weighted by Crippen LogP contribution is 2.19. The molecule has 1 atom stereocenters. The van der Waals surface area contributed by atoms with Crippen molar-refractivity contribution in [2.45, 2.75) is 78.6 Å². The maximum absolute atomic E-state index is 2.56. The van der Waals surface area contributed by atoms with E-state index in [0.717, 1.165) is 5.92 Å². The zero-order chi connectivity index (χ0) is 10.6. The van der Waals surface area contributed by atoms with Crippen LogP contribution in [0.4, 0.5) is 0 Å². The summed E-state index contributed by atoms with van der Waals surface area (Å²) in [6.07, 6.45) is 15.0. The average molecular weight is 197 g/mol. The molecule has 0 heteroatoms. The van der Waals surface area contributed by atoms with Crippen molar-refractivity contribution in [2.24, 2.45) is 5.92 Å². The van der Waals surface area contributed by atoms with Gasteiger partial charge in [-0.1, -0.05) is 72.1 Å². The van der Waals surface area contributed by atoms with Crippen molar-refractivity contribution >= 4 is 0 Å². The van der Waals surface area contributed by atoms with E-state index >= 15 is 0 Å². The summed E-state index contributed by atoms with van der Waals surface area (Å²) in [7, 11) is 0. The molecule has 0 aliphatic heterocycles. The normalized spacial score (nSPS) is 13.1. The van der Waals surface area contributed by atoms with E-state index in [1.54, 1.807) is 0 Å². The average Bonchev–Trinajstić information content (AvgIpc) is 2.22. The molecule has 0 aromatic heterocycles. The molecular formula is C14H29. The minimum Gasteiger partial charge on any atom is -0.0654 e. The molecule has 1 unspecified atom stereocenters. The smallest absolute Gasteiger partial charge is 0.0355 e. The van der Waals surface area contributed by atoms with E-state index in [0.29, 0.717) is 0 Å². The Morgan fingerprint density at radius 1 is 0.857 bits per heavy atom. The molecule has 0 N–H and O–H groups in total. The lowest BCUT2D eigenvalue weighted by molar-refractivity contribution is 0.475. The van der Waals surface area contributed by atoms with Gasteiger partial charge in [0, 0.05) is 0 Å². The van der Waals surface area contributed by atoms with Gasteiger partial charge in [0.2, 0.25) is 0 Å². The number of rotatable bonds is 10. The summed E-state index contributed by atoms with van der Waals surface area (Å²) >= 11 is 0. The number of hydrogen-bond donors (Lipinski definition) is 0. The van der Waals surface area contributed by atoms with E-state index in [-0.39, 0.29) is 0 Å². The van der Waals surface area contributed by atoms with Crippen LogP contribution in [0.15, 0.2) is 0 Å². The van der Waals surface area contributed by atoms with Crippen LogP contribution in [-0.2, 0) is 0 Å². The van der Waals surface area contributed by atoms with Gasteiger partial charge < -0.3 is 0 Å². The van der Waals surface area contributed by atoms with E-state index in [1.165, 1.54) is 57.8 Å². The van der Waals surface area contributed by atoms with Gasteiger partial charge in [-0.25, -0.2) is 0 Å². The first-order valence-electron chi connectivity index (χ1n) is 6.68. The predicted octanol–water partition coefficient (Wildman–Crippen LogP) is 5.38. The Labute approximate surface area is 91.5 Å². The number of hydrogen-bond acceptors (Lipinski definition) is 0. The van der Waals surface area contributed by atoms with Crippen LogP contribution in [0.3, 0.4) is 0 Å². The SMILES string of the molecule is CCCC[CH]C(CC)CCCCCC. The van der Waals surface area contributed by atoms with Gasteiger partial charge in [0.15, 0.2) is 0 Å². The topological polar surface area (TPSA) is 0 Å². The first-order valence-corrected chi connectivity index (χ1v) is 6.68. The first-order chi connectivity index (χ1) is 6.85. The van der Waals surface area contributed by atoms with Crippen LogP contribution in [0.1, 0.15) is 78.6 Å². The van der Waals surface area contributed by atoms with Crippen molar-refractivity contribution in [3.63, 3.8) is 0 Å². The summed E-state index contributed by atoms with van der Waals surface area (Å²) in [5.74, 6) is 0.901. The van der Waals surface area contributed by atoms with Crippen molar-refractivity contribution < 1.29 is 0 Å². The van der Waals surface area contributed by atoms with Crippen molar-refractivity contribution in [3.8, 4) is 0 Å². The van der Waals surface area contributed by atoms with E-state index in [1.807, 2.05) is 0 Å². The summed E-state index contributed by atoms with van der Waals surface area (Å²) in [4.78, 5) is 0. The van der Waals surface area contributed by atoms with Crippen molar-refractivity contribution in [1.29, 1.82) is 0 Å². The van der Waals surface area contributed by atoms with E-state index in [9.17, 15) is 0 Å². The molecule has 0 spiro atoms. The third-order valence-corrected chi connectivity index (χ3v) is 3.01. The minimum absolute atomic E-state index is 0.901. The van der Waals surface area contributed by atoms with E-state index in [4.69, 9.17) is 0 Å². The predicted molar refractivity (Wildman–Crippen MR) is 66.4 cm³/mol. The Morgan fingerprint density at radius 3 is 2.14 bits per heavy atom. The van der Waals surface area contributed by atoms with Crippen molar-refractivity contribution in [1.82, 2.24) is 0 Å². The quantitative estimate of drug-likeness (QED) is 0.413. The van der Waals surface area contributed by atoms with Crippen LogP contribution in [0.25, 0.3) is 0 Å². The Hall–Kier alpha value is 0. The monoisotopic (exact) mass is 197 g/mol. The van der Waals surface area contributed by atoms with Gasteiger partial charge in [0.1, 0.15) is 0 Å². The molecule has 14 heavy (non-hydrogen) atoms. The molecule has 0 bridgehead atoms. The Morgan fingerprint density at radius 2 is 1.57 bits per heavy atom. The zero-order valence-corrected chi connectivity index (χ0v) is 10.5. The second kappa shape index (κ2) is 11.1. The molecule has 85 valence electrons. The van der Waals surface area contributed by atoms with Crippen molar-refractivity contribution in [2.75, 3.05) is 0 Å². The molecule has 0 saturated heterocycles. The van der Waals surface area contributed by atoms with Crippen LogP contribution in [0.5, 0.6) is 0 Å². The van der Waals surface area contributed by atoms with Crippen LogP contribution in [0, 0.1) is 12.3 Å². The Balaban J connectivity index is 3.28. The standard InChI is InChI=1S/C14H29/c1-4-7-9-11-13-14(6-3)12-10-8-5-2/h12,14H,4-11,13H2,1-3H3. The molecule has 1 radical (unpaired) electrons. The highest BCUT2D eigenvalue weighted by atomic mass is 14.1. The molecule has 0 rings (SSSR count). The highest BCUT2D eigenvalue weighted by Gasteiger charge is 2.05. The second-order valence-corrected chi connectivity index (χ2v) is 4.40. The first kappa shape index (κ1) is 14.0. The number of unbranched alkanes of at least 4 members (excludes halogenated alkanes) is 5. The molecule has 0 saturated carbocycles. The van der Waals surface area contributed by atoms with Gasteiger partial charge in [-0.2, -0.15) is 0 Å².